The number of anilines is 1. The van der Waals surface area contributed by atoms with E-state index in [2.05, 4.69) is 0 Å². The van der Waals surface area contributed by atoms with Crippen LogP contribution in [0.4, 0.5) is 5.69 Å². The van der Waals surface area contributed by atoms with Crippen LogP contribution in [-0.4, -0.2) is 28.5 Å². The van der Waals surface area contributed by atoms with Crippen LogP contribution in [0.15, 0.2) is 72.2 Å². The van der Waals surface area contributed by atoms with Crippen LogP contribution in [0.1, 0.15) is 26.8 Å². The monoisotopic (exact) mass is 460 g/mol. The summed E-state index contributed by atoms with van der Waals surface area (Å²) >= 11 is 7.36. The Morgan fingerprint density at radius 2 is 1.66 bits per heavy atom. The van der Waals surface area contributed by atoms with Crippen LogP contribution in [0.25, 0.3) is 6.08 Å². The average molecular weight is 461 g/mol. The van der Waals surface area contributed by atoms with Gasteiger partial charge in [-0.15, -0.1) is 11.3 Å². The lowest BCUT2D eigenvalue weighted by atomic mass is 9.84. The van der Waals surface area contributed by atoms with Gasteiger partial charge in [0.2, 0.25) is 11.8 Å². The molecule has 32 heavy (non-hydrogen) atoms. The van der Waals surface area contributed by atoms with Crippen molar-refractivity contribution in [3.8, 4) is 0 Å². The maximum atomic E-state index is 13.7. The highest BCUT2D eigenvalue weighted by atomic mass is 35.5. The molecule has 0 bridgehead atoms. The van der Waals surface area contributed by atoms with Gasteiger partial charge in [-0.05, 0) is 52.9 Å². The Bertz CT molecular complexity index is 1280. The normalized spacial score (nSPS) is 25.7. The first-order valence-corrected chi connectivity index (χ1v) is 11.6. The highest BCUT2D eigenvalue weighted by Gasteiger charge is 2.64. The molecule has 158 valence electrons. The minimum absolute atomic E-state index is 0.124. The third-order valence-corrected chi connectivity index (χ3v) is 7.72. The fourth-order valence-electron chi connectivity index (χ4n) is 5.27. The largest absolute Gasteiger partial charge is 0.358 e. The third-order valence-electron chi connectivity index (χ3n) is 6.58. The van der Waals surface area contributed by atoms with E-state index in [1.165, 1.54) is 16.2 Å². The highest BCUT2D eigenvalue weighted by molar-refractivity contribution is 7.12. The summed E-state index contributed by atoms with van der Waals surface area (Å²) < 4.78 is 0. The molecule has 4 heterocycles. The molecule has 2 amide bonds. The number of amides is 2. The van der Waals surface area contributed by atoms with Crippen molar-refractivity contribution >= 4 is 52.3 Å². The Balaban J connectivity index is 1.50. The van der Waals surface area contributed by atoms with Crippen molar-refractivity contribution in [3.05, 3.63) is 93.3 Å². The van der Waals surface area contributed by atoms with Crippen molar-refractivity contribution in [1.82, 2.24) is 4.90 Å². The molecule has 5 nitrogen and oxygen atoms in total. The van der Waals surface area contributed by atoms with Gasteiger partial charge >= 0.3 is 0 Å². The number of hydrogen-bond donors (Lipinski definition) is 0. The van der Waals surface area contributed by atoms with Crippen LogP contribution in [0.5, 0.6) is 0 Å². The Labute approximate surface area is 193 Å². The van der Waals surface area contributed by atoms with Gasteiger partial charge in [0.05, 0.1) is 28.4 Å². The smallest absolute Gasteiger partial charge is 0.240 e. The molecule has 3 aliphatic heterocycles. The quantitative estimate of drug-likeness (QED) is 0.416. The molecule has 2 aromatic carbocycles. The second-order valence-corrected chi connectivity index (χ2v) is 9.55. The topological polar surface area (TPSA) is 57.7 Å². The van der Waals surface area contributed by atoms with E-state index in [9.17, 15) is 14.4 Å². The summed E-state index contributed by atoms with van der Waals surface area (Å²) in [6.07, 6.45) is 3.82. The molecule has 2 saturated heterocycles. The summed E-state index contributed by atoms with van der Waals surface area (Å²) in [4.78, 5) is 44.8. The number of nitrogens with zero attached hydrogens (tertiary/aromatic N) is 2. The van der Waals surface area contributed by atoms with E-state index < -0.39 is 17.9 Å². The van der Waals surface area contributed by atoms with E-state index in [0.29, 0.717) is 15.6 Å². The van der Waals surface area contributed by atoms with Gasteiger partial charge in [-0.25, -0.2) is 4.90 Å². The molecule has 4 unspecified atom stereocenters. The Kier molecular flexibility index (Phi) is 4.35. The standard InChI is InChI=1S/C25H17ClN2O3S/c26-15-7-9-16(10-8-15)28-24(30)19-20(25(28)31)22(23(29)18-6-3-13-32-18)27-12-11-14-4-1-2-5-17(14)21(19)27/h1-13,19-22H. The van der Waals surface area contributed by atoms with Crippen molar-refractivity contribution in [1.29, 1.82) is 0 Å². The number of imide groups is 1. The summed E-state index contributed by atoms with van der Waals surface area (Å²) in [6.45, 7) is 0. The van der Waals surface area contributed by atoms with Crippen LogP contribution in [0, 0.1) is 11.8 Å². The van der Waals surface area contributed by atoms with Crippen molar-refractivity contribution < 1.29 is 14.4 Å². The van der Waals surface area contributed by atoms with Crippen molar-refractivity contribution in [2.75, 3.05) is 4.90 Å². The fourth-order valence-corrected chi connectivity index (χ4v) is 6.09. The number of fused-ring (bicyclic) bond motifs is 5. The van der Waals surface area contributed by atoms with Crippen molar-refractivity contribution in [2.45, 2.75) is 12.1 Å². The number of rotatable bonds is 3. The van der Waals surface area contributed by atoms with Crippen molar-refractivity contribution in [3.63, 3.8) is 0 Å². The summed E-state index contributed by atoms with van der Waals surface area (Å²) in [5.74, 6) is -2.13. The number of carbonyl (C=O) groups is 3. The number of carbonyl (C=O) groups excluding carboxylic acids is 3. The average Bonchev–Trinajstić information content (AvgIpc) is 3.51. The molecule has 6 rings (SSSR count). The van der Waals surface area contributed by atoms with Crippen LogP contribution >= 0.6 is 22.9 Å². The first-order chi connectivity index (χ1) is 15.6. The molecule has 7 heteroatoms. The summed E-state index contributed by atoms with van der Waals surface area (Å²) in [6, 6.07) is 17.0. The van der Waals surface area contributed by atoms with Gasteiger partial charge < -0.3 is 4.90 Å². The Morgan fingerprint density at radius 3 is 2.41 bits per heavy atom. The fraction of sp³-hybridized carbons (Fsp3) is 0.160. The molecule has 3 aliphatic rings. The first-order valence-electron chi connectivity index (χ1n) is 10.3. The predicted molar refractivity (Wildman–Crippen MR) is 123 cm³/mol. The molecule has 0 spiro atoms. The van der Waals surface area contributed by atoms with Gasteiger partial charge in [-0.3, -0.25) is 14.4 Å². The lowest BCUT2D eigenvalue weighted by molar-refractivity contribution is -0.123. The lowest BCUT2D eigenvalue weighted by Gasteiger charge is -2.35. The van der Waals surface area contributed by atoms with Gasteiger partial charge in [0.1, 0.15) is 6.04 Å². The molecule has 0 saturated carbocycles. The van der Waals surface area contributed by atoms with Crippen LogP contribution in [0.3, 0.4) is 0 Å². The van der Waals surface area contributed by atoms with E-state index in [1.54, 1.807) is 30.3 Å². The number of benzene rings is 2. The zero-order chi connectivity index (χ0) is 22.0. The minimum atomic E-state index is -0.756. The molecular formula is C25H17ClN2O3S. The SMILES string of the molecule is O=C(c1cccs1)C1C2C(=O)N(c3ccc(Cl)cc3)C(=O)C2C2c3ccccc3C=CN12. The van der Waals surface area contributed by atoms with E-state index in [4.69, 9.17) is 11.6 Å². The number of ketones is 1. The van der Waals surface area contributed by atoms with Gasteiger partial charge in [-0.2, -0.15) is 0 Å². The predicted octanol–water partition coefficient (Wildman–Crippen LogP) is 4.80. The van der Waals surface area contributed by atoms with Crippen LogP contribution in [-0.2, 0) is 9.59 Å². The van der Waals surface area contributed by atoms with E-state index in [-0.39, 0.29) is 23.6 Å². The molecular weight excluding hydrogens is 444 g/mol. The van der Waals surface area contributed by atoms with Gasteiger partial charge in [-0.1, -0.05) is 41.9 Å². The number of thiophene rings is 1. The summed E-state index contributed by atoms with van der Waals surface area (Å²) in [7, 11) is 0. The molecule has 0 aliphatic carbocycles. The molecule has 2 fully saturated rings. The van der Waals surface area contributed by atoms with Crippen LogP contribution in [0.2, 0.25) is 5.02 Å². The molecule has 4 atom stereocenters. The van der Waals surface area contributed by atoms with Gasteiger partial charge in [0.15, 0.2) is 5.78 Å². The molecule has 3 aromatic rings. The Morgan fingerprint density at radius 1 is 0.906 bits per heavy atom. The van der Waals surface area contributed by atoms with E-state index in [1.807, 2.05) is 52.9 Å². The number of halogens is 1. The zero-order valence-corrected chi connectivity index (χ0v) is 18.3. The summed E-state index contributed by atoms with van der Waals surface area (Å²) in [5, 5.41) is 2.37. The van der Waals surface area contributed by atoms with Gasteiger partial charge in [0.25, 0.3) is 0 Å². The van der Waals surface area contributed by atoms with Crippen LogP contribution < -0.4 is 4.90 Å². The number of Topliss-reactive ketones (excluding diaryl/α,β-unsaturated/α-hetero) is 1. The Hall–Kier alpha value is -3.22. The third kappa shape index (κ3) is 2.66. The maximum Gasteiger partial charge on any atom is 0.240 e. The van der Waals surface area contributed by atoms with E-state index in [0.717, 1.165) is 11.1 Å². The highest BCUT2D eigenvalue weighted by Crippen LogP contribution is 2.53. The molecule has 0 radical (unpaired) electrons. The molecule has 0 N–H and O–H groups in total. The molecule has 1 aromatic heterocycles. The first kappa shape index (κ1) is 19.5. The second kappa shape index (κ2) is 7.15. The second-order valence-electron chi connectivity index (χ2n) is 8.16. The summed E-state index contributed by atoms with van der Waals surface area (Å²) in [5.41, 5.74) is 2.44. The van der Waals surface area contributed by atoms with Gasteiger partial charge in [0, 0.05) is 11.2 Å². The minimum Gasteiger partial charge on any atom is -0.358 e. The number of hydrogen-bond acceptors (Lipinski definition) is 5. The maximum absolute atomic E-state index is 13.7. The van der Waals surface area contributed by atoms with E-state index >= 15 is 0 Å². The lowest BCUT2D eigenvalue weighted by Crippen LogP contribution is -2.44. The van der Waals surface area contributed by atoms with Crippen molar-refractivity contribution in [2.24, 2.45) is 11.8 Å². The zero-order valence-electron chi connectivity index (χ0n) is 16.7.